The van der Waals surface area contributed by atoms with Gasteiger partial charge in [-0.3, -0.25) is 9.58 Å². The fourth-order valence-corrected chi connectivity index (χ4v) is 2.67. The summed E-state index contributed by atoms with van der Waals surface area (Å²) in [7, 11) is 0. The zero-order chi connectivity index (χ0) is 16.1. The topological polar surface area (TPSA) is 41.3 Å². The van der Waals surface area contributed by atoms with E-state index in [9.17, 15) is 4.39 Å². The molecule has 22 heavy (non-hydrogen) atoms. The molecule has 1 N–H and O–H groups in total. The molecule has 0 amide bonds. The minimum Gasteiger partial charge on any atom is -0.394 e. The molecule has 0 atom stereocenters. The molecule has 0 bridgehead atoms. The molecule has 2 rings (SSSR count). The largest absolute Gasteiger partial charge is 0.394 e. The highest BCUT2D eigenvalue weighted by Crippen LogP contribution is 2.17. The van der Waals surface area contributed by atoms with Crippen molar-refractivity contribution in [1.82, 2.24) is 14.7 Å². The first-order chi connectivity index (χ1) is 10.5. The van der Waals surface area contributed by atoms with Gasteiger partial charge in [-0.2, -0.15) is 5.10 Å². The summed E-state index contributed by atoms with van der Waals surface area (Å²) in [5, 5.41) is 13.6. The molecule has 1 aromatic heterocycles. The van der Waals surface area contributed by atoms with Gasteiger partial charge in [-0.1, -0.05) is 19.1 Å². The van der Waals surface area contributed by atoms with E-state index in [0.29, 0.717) is 13.1 Å². The van der Waals surface area contributed by atoms with Gasteiger partial charge in [-0.05, 0) is 38.1 Å². The van der Waals surface area contributed by atoms with Crippen LogP contribution >= 0.6 is 0 Å². The van der Waals surface area contributed by atoms with Crippen molar-refractivity contribution in [3.63, 3.8) is 0 Å². The van der Waals surface area contributed by atoms with Crippen molar-refractivity contribution < 1.29 is 9.50 Å². The van der Waals surface area contributed by atoms with E-state index in [2.05, 4.69) is 16.9 Å². The highest BCUT2D eigenvalue weighted by molar-refractivity contribution is 5.25. The normalized spacial score (nSPS) is 11.4. The van der Waals surface area contributed by atoms with Gasteiger partial charge in [0, 0.05) is 24.3 Å². The maximum Gasteiger partial charge on any atom is 0.123 e. The van der Waals surface area contributed by atoms with Gasteiger partial charge in [0.05, 0.1) is 18.8 Å². The Kier molecular flexibility index (Phi) is 5.69. The van der Waals surface area contributed by atoms with Gasteiger partial charge in [0.1, 0.15) is 5.82 Å². The van der Waals surface area contributed by atoms with E-state index in [0.717, 1.165) is 30.0 Å². The number of hydrogen-bond donors (Lipinski definition) is 1. The van der Waals surface area contributed by atoms with Crippen molar-refractivity contribution in [2.24, 2.45) is 0 Å². The summed E-state index contributed by atoms with van der Waals surface area (Å²) in [6, 6.07) is 6.74. The van der Waals surface area contributed by atoms with Gasteiger partial charge in [0.25, 0.3) is 0 Å². The Morgan fingerprint density at radius 3 is 2.68 bits per heavy atom. The van der Waals surface area contributed by atoms with E-state index >= 15 is 0 Å². The molecule has 0 unspecified atom stereocenters. The monoisotopic (exact) mass is 305 g/mol. The van der Waals surface area contributed by atoms with Crippen molar-refractivity contribution in [3.05, 3.63) is 52.6 Å². The highest BCUT2D eigenvalue weighted by atomic mass is 19.1. The summed E-state index contributed by atoms with van der Waals surface area (Å²) in [6.45, 7) is 9.08. The van der Waals surface area contributed by atoms with Crippen LogP contribution in [-0.2, 0) is 19.6 Å². The van der Waals surface area contributed by atoms with E-state index in [1.165, 1.54) is 11.6 Å². The van der Waals surface area contributed by atoms with Crippen LogP contribution in [0.2, 0.25) is 0 Å². The predicted molar refractivity (Wildman–Crippen MR) is 85.0 cm³/mol. The van der Waals surface area contributed by atoms with Crippen LogP contribution in [0.3, 0.4) is 0 Å². The van der Waals surface area contributed by atoms with Crippen LogP contribution in [0.15, 0.2) is 24.3 Å². The maximum absolute atomic E-state index is 13.3. The van der Waals surface area contributed by atoms with Crippen molar-refractivity contribution >= 4 is 0 Å². The molecule has 0 saturated carbocycles. The fraction of sp³-hybridized carbons (Fsp3) is 0.471. The fourth-order valence-electron chi connectivity index (χ4n) is 2.67. The lowest BCUT2D eigenvalue weighted by atomic mass is 10.1. The van der Waals surface area contributed by atoms with E-state index < -0.39 is 0 Å². The second-order valence-electron chi connectivity index (χ2n) is 5.53. The molecule has 0 aliphatic heterocycles. The summed E-state index contributed by atoms with van der Waals surface area (Å²) in [5.74, 6) is -0.198. The molecule has 0 radical (unpaired) electrons. The average Bonchev–Trinajstić information content (AvgIpc) is 2.74. The zero-order valence-electron chi connectivity index (χ0n) is 13.5. The quantitative estimate of drug-likeness (QED) is 0.855. The van der Waals surface area contributed by atoms with Crippen molar-refractivity contribution in [2.45, 2.75) is 40.4 Å². The molecule has 1 aromatic carbocycles. The van der Waals surface area contributed by atoms with E-state index in [4.69, 9.17) is 5.11 Å². The molecule has 0 aliphatic carbocycles. The third-order valence-electron chi connectivity index (χ3n) is 3.97. The molecular formula is C17H24FN3O. The highest BCUT2D eigenvalue weighted by Gasteiger charge is 2.14. The number of benzene rings is 1. The number of rotatable bonds is 7. The van der Waals surface area contributed by atoms with Crippen LogP contribution in [0.4, 0.5) is 4.39 Å². The van der Waals surface area contributed by atoms with Crippen molar-refractivity contribution in [1.29, 1.82) is 0 Å². The molecule has 120 valence electrons. The summed E-state index contributed by atoms with van der Waals surface area (Å²) in [6.07, 6.45) is 0. The lowest BCUT2D eigenvalue weighted by Crippen LogP contribution is -2.23. The minimum atomic E-state index is -0.198. The summed E-state index contributed by atoms with van der Waals surface area (Å²) in [5.41, 5.74) is 4.24. The number of aliphatic hydroxyl groups is 1. The molecule has 0 aliphatic rings. The molecule has 0 spiro atoms. The van der Waals surface area contributed by atoms with E-state index in [1.54, 1.807) is 12.1 Å². The van der Waals surface area contributed by atoms with E-state index in [1.807, 2.05) is 24.6 Å². The number of aryl methyl sites for hydroxylation is 1. The van der Waals surface area contributed by atoms with Gasteiger partial charge in [0.2, 0.25) is 0 Å². The van der Waals surface area contributed by atoms with Gasteiger partial charge in [-0.15, -0.1) is 0 Å². The molecule has 2 aromatic rings. The number of hydrogen-bond acceptors (Lipinski definition) is 3. The summed E-state index contributed by atoms with van der Waals surface area (Å²) < 4.78 is 15.2. The molecule has 4 nitrogen and oxygen atoms in total. The SMILES string of the molecule is CCN(Cc1cccc(F)c1)Cc1c(C)nn(CCO)c1C. The van der Waals surface area contributed by atoms with Gasteiger partial charge < -0.3 is 5.11 Å². The van der Waals surface area contributed by atoms with Crippen molar-refractivity contribution in [3.8, 4) is 0 Å². The minimum absolute atomic E-state index is 0.0855. The van der Waals surface area contributed by atoms with Crippen LogP contribution in [0.5, 0.6) is 0 Å². The smallest absolute Gasteiger partial charge is 0.123 e. The third-order valence-corrected chi connectivity index (χ3v) is 3.97. The molecule has 0 saturated heterocycles. The number of aromatic nitrogens is 2. The first-order valence-corrected chi connectivity index (χ1v) is 7.65. The lowest BCUT2D eigenvalue weighted by Gasteiger charge is -2.21. The second-order valence-corrected chi connectivity index (χ2v) is 5.53. The van der Waals surface area contributed by atoms with E-state index in [-0.39, 0.29) is 12.4 Å². The van der Waals surface area contributed by atoms with Crippen LogP contribution in [0.25, 0.3) is 0 Å². The summed E-state index contributed by atoms with van der Waals surface area (Å²) >= 11 is 0. The summed E-state index contributed by atoms with van der Waals surface area (Å²) in [4.78, 5) is 2.26. The Labute approximate surface area is 131 Å². The molecular weight excluding hydrogens is 281 g/mol. The van der Waals surface area contributed by atoms with Gasteiger partial charge in [-0.25, -0.2) is 4.39 Å². The van der Waals surface area contributed by atoms with Crippen LogP contribution < -0.4 is 0 Å². The van der Waals surface area contributed by atoms with Crippen LogP contribution in [0.1, 0.15) is 29.4 Å². The average molecular weight is 305 g/mol. The Bertz CT molecular complexity index is 624. The Balaban J connectivity index is 2.13. The van der Waals surface area contributed by atoms with Crippen LogP contribution in [0, 0.1) is 19.7 Å². The Morgan fingerprint density at radius 2 is 2.05 bits per heavy atom. The van der Waals surface area contributed by atoms with Crippen LogP contribution in [-0.4, -0.2) is 32.9 Å². The lowest BCUT2D eigenvalue weighted by molar-refractivity contribution is 0.264. The maximum atomic E-state index is 13.3. The Morgan fingerprint density at radius 1 is 1.27 bits per heavy atom. The molecule has 5 heteroatoms. The van der Waals surface area contributed by atoms with Gasteiger partial charge in [0.15, 0.2) is 0 Å². The zero-order valence-corrected chi connectivity index (χ0v) is 13.5. The second kappa shape index (κ2) is 7.51. The number of nitrogens with zero attached hydrogens (tertiary/aromatic N) is 3. The third kappa shape index (κ3) is 3.93. The number of halogens is 1. The number of aliphatic hydroxyl groups excluding tert-OH is 1. The molecule has 1 heterocycles. The predicted octanol–water partition coefficient (Wildman–Crippen LogP) is 2.65. The van der Waals surface area contributed by atoms with Gasteiger partial charge >= 0.3 is 0 Å². The molecule has 0 fully saturated rings. The van der Waals surface area contributed by atoms with Crippen molar-refractivity contribution in [2.75, 3.05) is 13.2 Å². The standard InChI is InChI=1S/C17H24FN3O/c1-4-20(11-15-6-5-7-16(18)10-15)12-17-13(2)19-21(8-9-22)14(17)3/h5-7,10,22H,4,8-9,11-12H2,1-3H3. The first-order valence-electron chi connectivity index (χ1n) is 7.65. The first kappa shape index (κ1) is 16.6. The Hall–Kier alpha value is -1.72.